The van der Waals surface area contributed by atoms with Crippen molar-refractivity contribution in [2.75, 3.05) is 44.9 Å². The molecule has 1 unspecified atom stereocenters. The summed E-state index contributed by atoms with van der Waals surface area (Å²) in [5, 5.41) is 6.56. The molecule has 2 aliphatic rings. The Morgan fingerprint density at radius 1 is 1.29 bits per heavy atom. The van der Waals surface area contributed by atoms with Gasteiger partial charge in [-0.05, 0) is 43.9 Å². The second-order valence-electron chi connectivity index (χ2n) is 7.56. The number of hydrogen-bond donors (Lipinski definition) is 2. The molecule has 0 radical (unpaired) electrons. The minimum atomic E-state index is -2.93. The highest BCUT2D eigenvalue weighted by Gasteiger charge is 2.35. The first kappa shape index (κ1) is 20.9. The monoisotopic (exact) mass is 409 g/mol. The molecule has 7 nitrogen and oxygen atoms in total. The van der Waals surface area contributed by atoms with Crippen molar-refractivity contribution in [2.45, 2.75) is 37.6 Å². The molecule has 2 fully saturated rings. The van der Waals surface area contributed by atoms with Gasteiger partial charge in [0, 0.05) is 31.2 Å². The standard InChI is InChI=1S/C20H31N3O4S/c1-3-21-19(23-17-8-13-28(24,25)14-17)22-15-20(9-11-27-12-10-20)16-4-6-18(26-2)7-5-16/h4-7,17H,3,8-15H2,1-2H3,(H2,21,22,23). The molecule has 0 spiro atoms. The normalized spacial score (nSPS) is 23.9. The predicted octanol–water partition coefficient (Wildman–Crippen LogP) is 1.49. The summed E-state index contributed by atoms with van der Waals surface area (Å²) in [5.41, 5.74) is 1.15. The van der Waals surface area contributed by atoms with Gasteiger partial charge in [0.1, 0.15) is 5.75 Å². The molecule has 0 saturated carbocycles. The van der Waals surface area contributed by atoms with Crippen LogP contribution in [0.25, 0.3) is 0 Å². The smallest absolute Gasteiger partial charge is 0.191 e. The van der Waals surface area contributed by atoms with E-state index in [1.807, 2.05) is 19.1 Å². The lowest BCUT2D eigenvalue weighted by molar-refractivity contribution is 0.0531. The van der Waals surface area contributed by atoms with Gasteiger partial charge in [-0.3, -0.25) is 4.99 Å². The molecule has 1 atom stereocenters. The summed E-state index contributed by atoms with van der Waals surface area (Å²) in [5.74, 6) is 1.95. The molecule has 1 aromatic rings. The lowest BCUT2D eigenvalue weighted by Crippen LogP contribution is -2.45. The lowest BCUT2D eigenvalue weighted by Gasteiger charge is -2.37. The topological polar surface area (TPSA) is 89.0 Å². The number of nitrogens with one attached hydrogen (secondary N) is 2. The third-order valence-electron chi connectivity index (χ3n) is 5.61. The van der Waals surface area contributed by atoms with Gasteiger partial charge < -0.3 is 20.1 Å². The van der Waals surface area contributed by atoms with Gasteiger partial charge in [0.15, 0.2) is 15.8 Å². The van der Waals surface area contributed by atoms with Gasteiger partial charge in [-0.2, -0.15) is 0 Å². The van der Waals surface area contributed by atoms with Crippen LogP contribution < -0.4 is 15.4 Å². The first-order chi connectivity index (χ1) is 13.5. The second kappa shape index (κ2) is 9.13. The van der Waals surface area contributed by atoms with E-state index in [0.717, 1.165) is 25.1 Å². The number of methoxy groups -OCH3 is 1. The van der Waals surface area contributed by atoms with E-state index in [9.17, 15) is 8.42 Å². The van der Waals surface area contributed by atoms with E-state index in [1.165, 1.54) is 5.56 Å². The molecule has 0 aliphatic carbocycles. The van der Waals surface area contributed by atoms with Crippen LogP contribution in [0, 0.1) is 0 Å². The summed E-state index contributed by atoms with van der Waals surface area (Å²) in [7, 11) is -1.26. The van der Waals surface area contributed by atoms with E-state index < -0.39 is 9.84 Å². The minimum Gasteiger partial charge on any atom is -0.497 e. The number of sulfone groups is 1. The Kier molecular flexibility index (Phi) is 6.82. The maximum atomic E-state index is 11.7. The van der Waals surface area contributed by atoms with Gasteiger partial charge in [0.2, 0.25) is 0 Å². The highest BCUT2D eigenvalue weighted by molar-refractivity contribution is 7.91. The zero-order valence-corrected chi connectivity index (χ0v) is 17.6. The molecule has 2 aliphatic heterocycles. The largest absolute Gasteiger partial charge is 0.497 e. The second-order valence-corrected chi connectivity index (χ2v) is 9.79. The number of rotatable bonds is 6. The quantitative estimate of drug-likeness (QED) is 0.547. The molecule has 28 heavy (non-hydrogen) atoms. The van der Waals surface area contributed by atoms with Crippen molar-refractivity contribution in [3.05, 3.63) is 29.8 Å². The van der Waals surface area contributed by atoms with E-state index >= 15 is 0 Å². The van der Waals surface area contributed by atoms with Crippen LogP contribution in [0.5, 0.6) is 5.75 Å². The molecule has 0 bridgehead atoms. The van der Waals surface area contributed by atoms with E-state index in [-0.39, 0.29) is 23.0 Å². The molecule has 2 heterocycles. The Bertz CT molecular complexity index is 771. The fourth-order valence-corrected chi connectivity index (χ4v) is 5.57. The van der Waals surface area contributed by atoms with Gasteiger partial charge in [-0.25, -0.2) is 8.42 Å². The molecule has 156 valence electrons. The Hall–Kier alpha value is -1.80. The van der Waals surface area contributed by atoms with Crippen LogP contribution in [-0.2, 0) is 20.0 Å². The first-order valence-electron chi connectivity index (χ1n) is 9.94. The highest BCUT2D eigenvalue weighted by atomic mass is 32.2. The van der Waals surface area contributed by atoms with Crippen LogP contribution in [0.2, 0.25) is 0 Å². The number of guanidine groups is 1. The Morgan fingerprint density at radius 2 is 2.00 bits per heavy atom. The van der Waals surface area contributed by atoms with Crippen molar-refractivity contribution >= 4 is 15.8 Å². The minimum absolute atomic E-state index is 0.0746. The zero-order chi connectivity index (χ0) is 20.0. The summed E-state index contributed by atoms with van der Waals surface area (Å²) in [6, 6.07) is 8.13. The van der Waals surface area contributed by atoms with Crippen LogP contribution in [-0.4, -0.2) is 65.3 Å². The summed E-state index contributed by atoms with van der Waals surface area (Å²) < 4.78 is 34.4. The number of nitrogens with zero attached hydrogens (tertiary/aromatic N) is 1. The highest BCUT2D eigenvalue weighted by Crippen LogP contribution is 2.36. The van der Waals surface area contributed by atoms with Crippen molar-refractivity contribution in [1.29, 1.82) is 0 Å². The zero-order valence-electron chi connectivity index (χ0n) is 16.7. The fourth-order valence-electron chi connectivity index (χ4n) is 3.90. The molecule has 2 N–H and O–H groups in total. The molecule has 3 rings (SSSR count). The van der Waals surface area contributed by atoms with Crippen LogP contribution in [0.3, 0.4) is 0 Å². The molecule has 8 heteroatoms. The van der Waals surface area contributed by atoms with Crippen LogP contribution in [0.1, 0.15) is 31.7 Å². The molecular weight excluding hydrogens is 378 g/mol. The van der Waals surface area contributed by atoms with Gasteiger partial charge in [-0.1, -0.05) is 12.1 Å². The number of ether oxygens (including phenoxy) is 2. The van der Waals surface area contributed by atoms with Crippen LogP contribution in [0.15, 0.2) is 29.3 Å². The Balaban J connectivity index is 1.77. The van der Waals surface area contributed by atoms with Crippen molar-refractivity contribution in [3.8, 4) is 5.75 Å². The van der Waals surface area contributed by atoms with E-state index in [0.29, 0.717) is 32.1 Å². The summed E-state index contributed by atoms with van der Waals surface area (Å²) in [6.45, 7) is 4.79. The van der Waals surface area contributed by atoms with Crippen molar-refractivity contribution in [2.24, 2.45) is 4.99 Å². The Labute approximate surface area is 167 Å². The van der Waals surface area contributed by atoms with Gasteiger partial charge in [0.25, 0.3) is 0 Å². The van der Waals surface area contributed by atoms with Gasteiger partial charge in [0.05, 0.1) is 25.2 Å². The predicted molar refractivity (Wildman–Crippen MR) is 111 cm³/mol. The number of benzene rings is 1. The maximum Gasteiger partial charge on any atom is 0.191 e. The van der Waals surface area contributed by atoms with E-state index in [2.05, 4.69) is 22.8 Å². The molecule has 1 aromatic carbocycles. The number of hydrogen-bond acceptors (Lipinski definition) is 5. The Morgan fingerprint density at radius 3 is 2.57 bits per heavy atom. The van der Waals surface area contributed by atoms with Gasteiger partial charge in [-0.15, -0.1) is 0 Å². The molecule has 0 amide bonds. The third kappa shape index (κ3) is 5.17. The number of aliphatic imine (C=N–C) groups is 1. The van der Waals surface area contributed by atoms with Crippen molar-refractivity contribution in [1.82, 2.24) is 10.6 Å². The summed E-state index contributed by atoms with van der Waals surface area (Å²) in [4.78, 5) is 4.85. The summed E-state index contributed by atoms with van der Waals surface area (Å²) in [6.07, 6.45) is 2.43. The third-order valence-corrected chi connectivity index (χ3v) is 7.38. The van der Waals surface area contributed by atoms with Crippen molar-refractivity contribution < 1.29 is 17.9 Å². The summed E-state index contributed by atoms with van der Waals surface area (Å²) >= 11 is 0. The van der Waals surface area contributed by atoms with E-state index in [1.54, 1.807) is 7.11 Å². The molecule has 2 saturated heterocycles. The average Bonchev–Trinajstić information content (AvgIpc) is 3.05. The van der Waals surface area contributed by atoms with Crippen LogP contribution >= 0.6 is 0 Å². The first-order valence-corrected chi connectivity index (χ1v) is 11.8. The van der Waals surface area contributed by atoms with Crippen molar-refractivity contribution in [3.63, 3.8) is 0 Å². The van der Waals surface area contributed by atoms with Crippen LogP contribution in [0.4, 0.5) is 0 Å². The van der Waals surface area contributed by atoms with Gasteiger partial charge >= 0.3 is 0 Å². The average molecular weight is 410 g/mol. The SMILES string of the molecule is CCNC(=NCC1(c2ccc(OC)cc2)CCOCC1)NC1CCS(=O)(=O)C1. The maximum absolute atomic E-state index is 11.7. The van der Waals surface area contributed by atoms with E-state index in [4.69, 9.17) is 14.5 Å². The lowest BCUT2D eigenvalue weighted by atomic mass is 9.74. The fraction of sp³-hybridized carbons (Fsp3) is 0.650. The molecule has 0 aromatic heterocycles. The molecular formula is C20H31N3O4S.